The molecule has 1 N–H and O–H groups in total. The van der Waals surface area contributed by atoms with Crippen LogP contribution in [0.5, 0.6) is 0 Å². The molecular formula is C5H7ClN2. The SMILES string of the molecule is ClCCc1cnc[nH]1. The van der Waals surface area contributed by atoms with Gasteiger partial charge in [-0.2, -0.15) is 0 Å². The number of imidazole rings is 1. The highest BCUT2D eigenvalue weighted by Crippen LogP contribution is 1.92. The van der Waals surface area contributed by atoms with Gasteiger partial charge in [0.1, 0.15) is 0 Å². The lowest BCUT2D eigenvalue weighted by Gasteiger charge is -1.84. The maximum Gasteiger partial charge on any atom is 0.0921 e. The minimum absolute atomic E-state index is 0.655. The normalized spacial score (nSPS) is 9.62. The predicted octanol–water partition coefficient (Wildman–Crippen LogP) is 1.19. The van der Waals surface area contributed by atoms with Crippen LogP contribution in [-0.4, -0.2) is 15.8 Å². The highest BCUT2D eigenvalue weighted by atomic mass is 35.5. The van der Waals surface area contributed by atoms with Crippen molar-refractivity contribution in [2.24, 2.45) is 0 Å². The van der Waals surface area contributed by atoms with Crippen molar-refractivity contribution in [2.75, 3.05) is 5.88 Å². The molecule has 0 saturated carbocycles. The number of hydrogen-bond donors (Lipinski definition) is 1. The molecule has 0 atom stereocenters. The summed E-state index contributed by atoms with van der Waals surface area (Å²) in [6, 6.07) is 0. The van der Waals surface area contributed by atoms with E-state index in [-0.39, 0.29) is 0 Å². The zero-order chi connectivity index (χ0) is 5.82. The quantitative estimate of drug-likeness (QED) is 0.599. The molecule has 0 aromatic carbocycles. The molecule has 0 radical (unpaired) electrons. The van der Waals surface area contributed by atoms with E-state index in [2.05, 4.69) is 9.97 Å². The second-order valence-electron chi connectivity index (χ2n) is 1.52. The molecule has 0 unspecified atom stereocenters. The Kier molecular flexibility index (Phi) is 1.92. The van der Waals surface area contributed by atoms with Crippen LogP contribution in [0.3, 0.4) is 0 Å². The highest BCUT2D eigenvalue weighted by Gasteiger charge is 1.87. The molecule has 0 aliphatic rings. The molecule has 0 aliphatic carbocycles. The topological polar surface area (TPSA) is 28.7 Å². The maximum atomic E-state index is 5.45. The van der Waals surface area contributed by atoms with Crippen molar-refractivity contribution in [1.29, 1.82) is 0 Å². The van der Waals surface area contributed by atoms with Crippen LogP contribution in [0.2, 0.25) is 0 Å². The van der Waals surface area contributed by atoms with Crippen LogP contribution in [0, 0.1) is 0 Å². The summed E-state index contributed by atoms with van der Waals surface area (Å²) < 4.78 is 0. The van der Waals surface area contributed by atoms with Crippen molar-refractivity contribution in [3.63, 3.8) is 0 Å². The Hall–Kier alpha value is -0.500. The number of hydrogen-bond acceptors (Lipinski definition) is 1. The Morgan fingerprint density at radius 1 is 1.75 bits per heavy atom. The Morgan fingerprint density at radius 3 is 3.12 bits per heavy atom. The van der Waals surface area contributed by atoms with Gasteiger partial charge in [0, 0.05) is 24.2 Å². The number of H-pyrrole nitrogens is 1. The van der Waals surface area contributed by atoms with Crippen LogP contribution in [0.15, 0.2) is 12.5 Å². The summed E-state index contributed by atoms with van der Waals surface area (Å²) in [7, 11) is 0. The third-order valence-corrected chi connectivity index (χ3v) is 1.11. The standard InChI is InChI=1S/C5H7ClN2/c6-2-1-5-3-7-4-8-5/h3-4H,1-2H2,(H,7,8). The van der Waals surface area contributed by atoms with Gasteiger partial charge in [0.05, 0.1) is 6.33 Å². The van der Waals surface area contributed by atoms with Crippen LogP contribution in [0.4, 0.5) is 0 Å². The van der Waals surface area contributed by atoms with Gasteiger partial charge in [0.15, 0.2) is 0 Å². The van der Waals surface area contributed by atoms with E-state index in [4.69, 9.17) is 11.6 Å². The number of rotatable bonds is 2. The Morgan fingerprint density at radius 2 is 2.62 bits per heavy atom. The monoisotopic (exact) mass is 130 g/mol. The number of nitrogens with one attached hydrogen (secondary N) is 1. The fourth-order valence-corrected chi connectivity index (χ4v) is 0.727. The molecule has 1 rings (SSSR count). The van der Waals surface area contributed by atoms with Crippen LogP contribution >= 0.6 is 11.6 Å². The zero-order valence-electron chi connectivity index (χ0n) is 4.39. The van der Waals surface area contributed by atoms with E-state index in [0.717, 1.165) is 12.1 Å². The molecule has 2 nitrogen and oxygen atoms in total. The molecule has 1 heterocycles. The van der Waals surface area contributed by atoms with Gasteiger partial charge in [0.2, 0.25) is 0 Å². The van der Waals surface area contributed by atoms with Gasteiger partial charge in [-0.25, -0.2) is 4.98 Å². The van der Waals surface area contributed by atoms with Crippen molar-refractivity contribution in [1.82, 2.24) is 9.97 Å². The summed E-state index contributed by atoms with van der Waals surface area (Å²) in [5.74, 6) is 0.655. The second kappa shape index (κ2) is 2.72. The van der Waals surface area contributed by atoms with E-state index < -0.39 is 0 Å². The molecule has 0 saturated heterocycles. The molecule has 0 spiro atoms. The van der Waals surface area contributed by atoms with Crippen molar-refractivity contribution < 1.29 is 0 Å². The molecule has 0 aliphatic heterocycles. The molecule has 3 heteroatoms. The number of aromatic nitrogens is 2. The summed E-state index contributed by atoms with van der Waals surface area (Å²) in [5, 5.41) is 0. The number of alkyl halides is 1. The summed E-state index contributed by atoms with van der Waals surface area (Å²) in [6.07, 6.45) is 4.31. The van der Waals surface area contributed by atoms with Crippen molar-refractivity contribution in [3.8, 4) is 0 Å². The first-order chi connectivity index (χ1) is 3.93. The van der Waals surface area contributed by atoms with E-state index >= 15 is 0 Å². The van der Waals surface area contributed by atoms with E-state index in [9.17, 15) is 0 Å². The molecule has 44 valence electrons. The number of aryl methyl sites for hydroxylation is 1. The fraction of sp³-hybridized carbons (Fsp3) is 0.400. The Labute approximate surface area is 52.9 Å². The van der Waals surface area contributed by atoms with Crippen LogP contribution in [0.25, 0.3) is 0 Å². The van der Waals surface area contributed by atoms with Gasteiger partial charge >= 0.3 is 0 Å². The van der Waals surface area contributed by atoms with Crippen molar-refractivity contribution in [2.45, 2.75) is 6.42 Å². The van der Waals surface area contributed by atoms with E-state index in [0.29, 0.717) is 5.88 Å². The average molecular weight is 131 g/mol. The molecule has 1 aromatic heterocycles. The van der Waals surface area contributed by atoms with Crippen molar-refractivity contribution >= 4 is 11.6 Å². The van der Waals surface area contributed by atoms with E-state index in [1.54, 1.807) is 12.5 Å². The van der Waals surface area contributed by atoms with Gasteiger partial charge in [-0.05, 0) is 0 Å². The van der Waals surface area contributed by atoms with Gasteiger partial charge in [-0.3, -0.25) is 0 Å². The third kappa shape index (κ3) is 1.23. The maximum absolute atomic E-state index is 5.45. The highest BCUT2D eigenvalue weighted by molar-refractivity contribution is 6.17. The lowest BCUT2D eigenvalue weighted by atomic mass is 10.4. The minimum Gasteiger partial charge on any atom is -0.348 e. The summed E-state index contributed by atoms with van der Waals surface area (Å²) in [6.45, 7) is 0. The van der Waals surface area contributed by atoms with E-state index in [1.165, 1.54) is 0 Å². The van der Waals surface area contributed by atoms with Crippen molar-refractivity contribution in [3.05, 3.63) is 18.2 Å². The summed E-state index contributed by atoms with van der Waals surface area (Å²) in [4.78, 5) is 6.77. The van der Waals surface area contributed by atoms with Crippen LogP contribution in [-0.2, 0) is 6.42 Å². The van der Waals surface area contributed by atoms with Gasteiger partial charge < -0.3 is 4.98 Å². The lowest BCUT2D eigenvalue weighted by Crippen LogP contribution is -1.83. The largest absolute Gasteiger partial charge is 0.348 e. The number of aromatic amines is 1. The second-order valence-corrected chi connectivity index (χ2v) is 1.89. The average Bonchev–Trinajstić information content (AvgIpc) is 2.19. The number of halogens is 1. The smallest absolute Gasteiger partial charge is 0.0921 e. The molecule has 0 fully saturated rings. The van der Waals surface area contributed by atoms with Gasteiger partial charge in [0.25, 0.3) is 0 Å². The Bertz CT molecular complexity index is 136. The summed E-state index contributed by atoms with van der Waals surface area (Å²) in [5.41, 5.74) is 1.10. The van der Waals surface area contributed by atoms with Crippen LogP contribution in [0.1, 0.15) is 5.69 Å². The number of nitrogens with zero attached hydrogens (tertiary/aromatic N) is 1. The summed E-state index contributed by atoms with van der Waals surface area (Å²) >= 11 is 5.45. The molecule has 1 aromatic rings. The first-order valence-electron chi connectivity index (χ1n) is 2.46. The first kappa shape index (κ1) is 5.63. The molecule has 0 amide bonds. The van der Waals surface area contributed by atoms with Gasteiger partial charge in [-0.15, -0.1) is 11.6 Å². The molecule has 8 heavy (non-hydrogen) atoms. The van der Waals surface area contributed by atoms with Gasteiger partial charge in [-0.1, -0.05) is 0 Å². The fourth-order valence-electron chi connectivity index (χ4n) is 0.523. The Balaban J connectivity index is 2.50. The molecule has 0 bridgehead atoms. The van der Waals surface area contributed by atoms with Crippen LogP contribution < -0.4 is 0 Å². The lowest BCUT2D eigenvalue weighted by molar-refractivity contribution is 1.07. The molecular weight excluding hydrogens is 124 g/mol. The minimum atomic E-state index is 0.655. The third-order valence-electron chi connectivity index (χ3n) is 0.919. The predicted molar refractivity (Wildman–Crippen MR) is 33.0 cm³/mol. The zero-order valence-corrected chi connectivity index (χ0v) is 5.15. The van der Waals surface area contributed by atoms with E-state index in [1.807, 2.05) is 0 Å². The first-order valence-corrected chi connectivity index (χ1v) is 3.00.